The predicted octanol–water partition coefficient (Wildman–Crippen LogP) is 2.23. The molecule has 0 spiro atoms. The maximum Gasteiger partial charge on any atom is 0.0978 e. The fraction of sp³-hybridized carbons (Fsp3) is 0.308. The van der Waals surface area contributed by atoms with Crippen molar-refractivity contribution in [2.45, 2.75) is 18.9 Å². The Morgan fingerprint density at radius 3 is 2.76 bits per heavy atom. The van der Waals surface area contributed by atoms with Crippen LogP contribution in [0.15, 0.2) is 36.0 Å². The van der Waals surface area contributed by atoms with Crippen LogP contribution in [-0.2, 0) is 0 Å². The zero-order chi connectivity index (χ0) is 12.3. The normalized spacial score (nSPS) is 14.5. The van der Waals surface area contributed by atoms with E-state index in [2.05, 4.69) is 4.98 Å². The van der Waals surface area contributed by atoms with Crippen LogP contribution < -0.4 is 5.73 Å². The maximum absolute atomic E-state index is 10.3. The summed E-state index contributed by atoms with van der Waals surface area (Å²) < 4.78 is 0. The van der Waals surface area contributed by atoms with Crippen molar-refractivity contribution < 1.29 is 5.11 Å². The average molecular weight is 248 g/mol. The van der Waals surface area contributed by atoms with Crippen molar-refractivity contribution in [3.63, 3.8) is 0 Å². The maximum atomic E-state index is 10.3. The molecule has 17 heavy (non-hydrogen) atoms. The van der Waals surface area contributed by atoms with Gasteiger partial charge in [0.05, 0.1) is 16.5 Å². The summed E-state index contributed by atoms with van der Waals surface area (Å²) in [7, 11) is 0. The molecule has 0 saturated carbocycles. The molecule has 2 aromatic rings. The van der Waals surface area contributed by atoms with E-state index in [0.717, 1.165) is 16.0 Å². The van der Waals surface area contributed by atoms with Gasteiger partial charge in [-0.05, 0) is 18.1 Å². The van der Waals surface area contributed by atoms with Crippen molar-refractivity contribution in [1.29, 1.82) is 0 Å². The fourth-order valence-electron chi connectivity index (χ4n) is 2.00. The van der Waals surface area contributed by atoms with Crippen molar-refractivity contribution in [3.05, 3.63) is 52.0 Å². The van der Waals surface area contributed by atoms with Gasteiger partial charge in [-0.25, -0.2) is 0 Å². The van der Waals surface area contributed by atoms with Crippen LogP contribution >= 0.6 is 11.3 Å². The second kappa shape index (κ2) is 5.40. The van der Waals surface area contributed by atoms with E-state index in [1.54, 1.807) is 11.7 Å². The number of rotatable bonds is 4. The topological polar surface area (TPSA) is 59.1 Å². The summed E-state index contributed by atoms with van der Waals surface area (Å²) in [5, 5.41) is 10.3. The number of aromatic nitrogens is 1. The number of thiazole rings is 1. The van der Waals surface area contributed by atoms with Crippen molar-refractivity contribution in [2.24, 2.45) is 5.73 Å². The van der Waals surface area contributed by atoms with E-state index >= 15 is 0 Å². The summed E-state index contributed by atoms with van der Waals surface area (Å²) in [6, 6.07) is 8.03. The van der Waals surface area contributed by atoms with Crippen LogP contribution in [0.5, 0.6) is 0 Å². The highest BCUT2D eigenvalue weighted by atomic mass is 32.1. The number of nitrogens with two attached hydrogens (primary N) is 1. The van der Waals surface area contributed by atoms with Crippen LogP contribution in [0, 0.1) is 6.92 Å². The van der Waals surface area contributed by atoms with Gasteiger partial charge in [-0.2, -0.15) is 0 Å². The third-order valence-corrected chi connectivity index (χ3v) is 3.81. The summed E-state index contributed by atoms with van der Waals surface area (Å²) in [6.07, 6.45) is 1.13. The lowest BCUT2D eigenvalue weighted by Gasteiger charge is -2.22. The molecule has 2 atom stereocenters. The van der Waals surface area contributed by atoms with Gasteiger partial charge in [0.1, 0.15) is 0 Å². The summed E-state index contributed by atoms with van der Waals surface area (Å²) in [5.74, 6) is -0.0725. The van der Waals surface area contributed by atoms with Crippen LogP contribution in [0.1, 0.15) is 28.0 Å². The third-order valence-electron chi connectivity index (χ3n) is 2.97. The van der Waals surface area contributed by atoms with Crippen LogP contribution in [0.2, 0.25) is 0 Å². The standard InChI is InChI=1S/C13H16N2OS/c1-9-4-2-3-5-10(9)11(6-14)13(16)12-7-15-8-17-12/h2-5,7-8,11,13,16H,6,14H2,1H3. The predicted molar refractivity (Wildman–Crippen MR) is 70.0 cm³/mol. The molecule has 2 rings (SSSR count). The Bertz CT molecular complexity index is 470. The zero-order valence-corrected chi connectivity index (χ0v) is 10.5. The third kappa shape index (κ3) is 2.54. The molecule has 0 radical (unpaired) electrons. The summed E-state index contributed by atoms with van der Waals surface area (Å²) in [4.78, 5) is 4.86. The Hall–Kier alpha value is -1.23. The molecule has 0 saturated heterocycles. The van der Waals surface area contributed by atoms with E-state index in [9.17, 15) is 5.11 Å². The van der Waals surface area contributed by atoms with Crippen molar-refractivity contribution in [1.82, 2.24) is 4.98 Å². The fourth-order valence-corrected chi connectivity index (χ4v) is 2.67. The van der Waals surface area contributed by atoms with Gasteiger partial charge in [0.15, 0.2) is 0 Å². The largest absolute Gasteiger partial charge is 0.387 e. The molecule has 0 aliphatic heterocycles. The number of aliphatic hydroxyl groups excluding tert-OH is 1. The summed E-state index contributed by atoms with van der Waals surface area (Å²) in [6.45, 7) is 2.46. The second-order valence-electron chi connectivity index (χ2n) is 4.05. The number of nitrogens with zero attached hydrogens (tertiary/aromatic N) is 1. The van der Waals surface area contributed by atoms with Gasteiger partial charge >= 0.3 is 0 Å². The minimum Gasteiger partial charge on any atom is -0.387 e. The summed E-state index contributed by atoms with van der Waals surface area (Å²) >= 11 is 1.46. The van der Waals surface area contributed by atoms with Crippen LogP contribution in [0.4, 0.5) is 0 Å². The Balaban J connectivity index is 2.31. The lowest BCUT2D eigenvalue weighted by molar-refractivity contribution is 0.150. The molecule has 3 nitrogen and oxygen atoms in total. The molecular weight excluding hydrogens is 232 g/mol. The Kier molecular flexibility index (Phi) is 3.89. The van der Waals surface area contributed by atoms with Gasteiger partial charge in [0.25, 0.3) is 0 Å². The number of hydrogen-bond donors (Lipinski definition) is 2. The van der Waals surface area contributed by atoms with Crippen LogP contribution in [0.3, 0.4) is 0 Å². The lowest BCUT2D eigenvalue weighted by atomic mass is 9.89. The molecule has 4 heteroatoms. The quantitative estimate of drug-likeness (QED) is 0.872. The van der Waals surface area contributed by atoms with Gasteiger partial charge in [-0.3, -0.25) is 4.98 Å². The molecule has 0 aliphatic rings. The zero-order valence-electron chi connectivity index (χ0n) is 9.71. The molecule has 1 heterocycles. The monoisotopic (exact) mass is 248 g/mol. The van der Waals surface area contributed by atoms with E-state index in [1.165, 1.54) is 11.3 Å². The number of benzene rings is 1. The average Bonchev–Trinajstić information content (AvgIpc) is 2.86. The highest BCUT2D eigenvalue weighted by Gasteiger charge is 2.23. The van der Waals surface area contributed by atoms with Gasteiger partial charge in [-0.15, -0.1) is 11.3 Å². The lowest BCUT2D eigenvalue weighted by Crippen LogP contribution is -2.20. The first-order chi connectivity index (χ1) is 8.24. The molecule has 0 amide bonds. The highest BCUT2D eigenvalue weighted by molar-refractivity contribution is 7.09. The van der Waals surface area contributed by atoms with E-state index < -0.39 is 6.10 Å². The molecule has 3 N–H and O–H groups in total. The van der Waals surface area contributed by atoms with Crippen molar-refractivity contribution in [3.8, 4) is 0 Å². The van der Waals surface area contributed by atoms with Gasteiger partial charge in [-0.1, -0.05) is 24.3 Å². The molecule has 0 fully saturated rings. The number of aliphatic hydroxyl groups is 1. The van der Waals surface area contributed by atoms with Gasteiger partial charge in [0, 0.05) is 18.7 Å². The van der Waals surface area contributed by atoms with Gasteiger partial charge < -0.3 is 10.8 Å². The van der Waals surface area contributed by atoms with Crippen molar-refractivity contribution >= 4 is 11.3 Å². The minimum atomic E-state index is -0.575. The van der Waals surface area contributed by atoms with Crippen LogP contribution in [-0.4, -0.2) is 16.6 Å². The molecule has 1 aromatic carbocycles. The second-order valence-corrected chi connectivity index (χ2v) is 4.97. The molecular formula is C13H16N2OS. The Labute approximate surface area is 105 Å². The Morgan fingerprint density at radius 1 is 1.41 bits per heavy atom. The highest BCUT2D eigenvalue weighted by Crippen LogP contribution is 2.33. The van der Waals surface area contributed by atoms with E-state index in [0.29, 0.717) is 6.54 Å². The van der Waals surface area contributed by atoms with Crippen LogP contribution in [0.25, 0.3) is 0 Å². The van der Waals surface area contributed by atoms with E-state index in [1.807, 2.05) is 31.2 Å². The first-order valence-corrected chi connectivity index (χ1v) is 6.44. The smallest absolute Gasteiger partial charge is 0.0978 e. The summed E-state index contributed by atoms with van der Waals surface area (Å²) in [5.41, 5.74) is 9.80. The van der Waals surface area contributed by atoms with Gasteiger partial charge in [0.2, 0.25) is 0 Å². The first kappa shape index (κ1) is 12.2. The molecule has 1 aromatic heterocycles. The molecule has 90 valence electrons. The SMILES string of the molecule is Cc1ccccc1C(CN)C(O)c1cncs1. The number of hydrogen-bond acceptors (Lipinski definition) is 4. The molecule has 0 aliphatic carbocycles. The molecule has 2 unspecified atom stereocenters. The molecule has 0 bridgehead atoms. The van der Waals surface area contributed by atoms with Crippen molar-refractivity contribution in [2.75, 3.05) is 6.54 Å². The number of aryl methyl sites for hydroxylation is 1. The first-order valence-electron chi connectivity index (χ1n) is 5.56. The van der Waals surface area contributed by atoms with E-state index in [4.69, 9.17) is 5.73 Å². The van der Waals surface area contributed by atoms with E-state index in [-0.39, 0.29) is 5.92 Å². The Morgan fingerprint density at radius 2 is 2.18 bits per heavy atom. The minimum absolute atomic E-state index is 0.0725.